The molecule has 1 aromatic rings. The van der Waals surface area contributed by atoms with E-state index in [1.807, 2.05) is 0 Å². The first-order valence-electron chi connectivity index (χ1n) is 5.61. The van der Waals surface area contributed by atoms with Gasteiger partial charge in [-0.05, 0) is 26.1 Å². The van der Waals surface area contributed by atoms with Gasteiger partial charge in [0.25, 0.3) is 0 Å². The van der Waals surface area contributed by atoms with Gasteiger partial charge >= 0.3 is 5.97 Å². The minimum atomic E-state index is -0.945. The van der Waals surface area contributed by atoms with Gasteiger partial charge < -0.3 is 14.4 Å². The molecule has 1 atom stereocenters. The number of carbonyl (C=O) groups excluding carboxylic acids is 1. The molecule has 1 amide bonds. The number of rotatable bonds is 6. The van der Waals surface area contributed by atoms with Gasteiger partial charge in [-0.2, -0.15) is 0 Å². The second kappa shape index (κ2) is 6.20. The molecule has 0 bridgehead atoms. The number of hydrogen-bond donors (Lipinski definition) is 1. The average Bonchev–Trinajstić information content (AvgIpc) is 2.80. The van der Waals surface area contributed by atoms with Crippen molar-refractivity contribution in [1.82, 2.24) is 9.80 Å². The molecule has 1 unspecified atom stereocenters. The molecule has 1 aromatic heterocycles. The highest BCUT2D eigenvalue weighted by Crippen LogP contribution is 2.05. The maximum Gasteiger partial charge on any atom is 0.320 e. The van der Waals surface area contributed by atoms with E-state index in [1.54, 1.807) is 39.4 Å². The summed E-state index contributed by atoms with van der Waals surface area (Å²) in [5, 5.41) is 8.83. The average molecular weight is 254 g/mol. The van der Waals surface area contributed by atoms with Gasteiger partial charge in [0.15, 0.2) is 0 Å². The van der Waals surface area contributed by atoms with E-state index in [0.29, 0.717) is 12.3 Å². The van der Waals surface area contributed by atoms with Crippen LogP contribution in [0.4, 0.5) is 0 Å². The Kier molecular flexibility index (Phi) is 4.91. The van der Waals surface area contributed by atoms with Crippen LogP contribution in [0.5, 0.6) is 0 Å². The number of carboxylic acid groups (broad SMARTS) is 1. The zero-order valence-corrected chi connectivity index (χ0v) is 10.8. The van der Waals surface area contributed by atoms with Crippen molar-refractivity contribution in [3.63, 3.8) is 0 Å². The maximum atomic E-state index is 11.9. The lowest BCUT2D eigenvalue weighted by atomic mass is 10.3. The Labute approximate surface area is 106 Å². The summed E-state index contributed by atoms with van der Waals surface area (Å²) in [6, 6.07) is 2.85. The first kappa shape index (κ1) is 14.2. The van der Waals surface area contributed by atoms with Crippen molar-refractivity contribution in [3.05, 3.63) is 24.2 Å². The molecular weight excluding hydrogens is 236 g/mol. The van der Waals surface area contributed by atoms with Crippen LogP contribution in [0, 0.1) is 0 Å². The summed E-state index contributed by atoms with van der Waals surface area (Å²) in [7, 11) is 3.27. The van der Waals surface area contributed by atoms with E-state index in [0.717, 1.165) is 0 Å². The topological polar surface area (TPSA) is 74.0 Å². The van der Waals surface area contributed by atoms with E-state index in [4.69, 9.17) is 9.52 Å². The van der Waals surface area contributed by atoms with Crippen molar-refractivity contribution in [2.45, 2.75) is 19.5 Å². The Balaban J connectivity index is 2.47. The van der Waals surface area contributed by atoms with E-state index in [1.165, 1.54) is 9.80 Å². The van der Waals surface area contributed by atoms with Crippen molar-refractivity contribution in [2.75, 3.05) is 20.6 Å². The lowest BCUT2D eigenvalue weighted by molar-refractivity contribution is -0.143. The van der Waals surface area contributed by atoms with Crippen LogP contribution in [0.25, 0.3) is 0 Å². The summed E-state index contributed by atoms with van der Waals surface area (Å²) < 4.78 is 5.14. The van der Waals surface area contributed by atoms with Gasteiger partial charge in [-0.3, -0.25) is 14.5 Å². The highest BCUT2D eigenvalue weighted by Gasteiger charge is 2.20. The lowest BCUT2D eigenvalue weighted by Gasteiger charge is -2.23. The summed E-state index contributed by atoms with van der Waals surface area (Å²) in [6.45, 7) is 1.98. The second-order valence-electron chi connectivity index (χ2n) is 4.26. The zero-order chi connectivity index (χ0) is 13.7. The number of carboxylic acids is 1. The molecule has 1 heterocycles. The van der Waals surface area contributed by atoms with Gasteiger partial charge in [0, 0.05) is 7.05 Å². The molecule has 0 saturated carbocycles. The summed E-state index contributed by atoms with van der Waals surface area (Å²) in [5.74, 6) is -0.402. The summed E-state index contributed by atoms with van der Waals surface area (Å²) >= 11 is 0. The maximum absolute atomic E-state index is 11.9. The molecule has 0 aliphatic rings. The third-order valence-electron chi connectivity index (χ3n) is 2.80. The first-order chi connectivity index (χ1) is 8.41. The smallest absolute Gasteiger partial charge is 0.320 e. The second-order valence-corrected chi connectivity index (χ2v) is 4.26. The quantitative estimate of drug-likeness (QED) is 0.806. The Bertz CT molecular complexity index is 402. The molecule has 1 rings (SSSR count). The lowest BCUT2D eigenvalue weighted by Crippen LogP contribution is -2.43. The SMILES string of the molecule is CC(C(=O)O)N(C)CC(=O)N(C)Cc1ccco1. The molecule has 0 aliphatic heterocycles. The Morgan fingerprint density at radius 2 is 2.11 bits per heavy atom. The van der Waals surface area contributed by atoms with Crippen LogP contribution in [-0.2, 0) is 16.1 Å². The van der Waals surface area contributed by atoms with Crippen LogP contribution in [-0.4, -0.2) is 53.5 Å². The molecular formula is C12H18N2O4. The van der Waals surface area contributed by atoms with Crippen LogP contribution in [0.1, 0.15) is 12.7 Å². The van der Waals surface area contributed by atoms with Crippen molar-refractivity contribution in [3.8, 4) is 0 Å². The van der Waals surface area contributed by atoms with Gasteiger partial charge in [-0.25, -0.2) is 0 Å². The minimum Gasteiger partial charge on any atom is -0.480 e. The van der Waals surface area contributed by atoms with Crippen molar-refractivity contribution in [2.24, 2.45) is 0 Å². The van der Waals surface area contributed by atoms with Crippen molar-refractivity contribution < 1.29 is 19.1 Å². The number of furan rings is 1. The highest BCUT2D eigenvalue weighted by atomic mass is 16.4. The highest BCUT2D eigenvalue weighted by molar-refractivity contribution is 5.79. The van der Waals surface area contributed by atoms with Gasteiger partial charge in [0.1, 0.15) is 11.8 Å². The number of nitrogens with zero attached hydrogens (tertiary/aromatic N) is 2. The van der Waals surface area contributed by atoms with Crippen LogP contribution in [0.3, 0.4) is 0 Å². The predicted octanol–water partition coefficient (Wildman–Crippen LogP) is 0.643. The normalized spacial score (nSPS) is 12.4. The molecule has 100 valence electrons. The standard InChI is InChI=1S/C12H18N2O4/c1-9(12(16)17)13(2)8-11(15)14(3)7-10-5-4-6-18-10/h4-6,9H,7-8H2,1-3H3,(H,16,17). The van der Waals surface area contributed by atoms with E-state index in [9.17, 15) is 9.59 Å². The fraction of sp³-hybridized carbons (Fsp3) is 0.500. The van der Waals surface area contributed by atoms with Crippen LogP contribution >= 0.6 is 0 Å². The molecule has 6 heteroatoms. The van der Waals surface area contributed by atoms with Crippen LogP contribution in [0.2, 0.25) is 0 Å². The molecule has 0 spiro atoms. The fourth-order valence-corrected chi connectivity index (χ4v) is 1.38. The Morgan fingerprint density at radius 1 is 1.44 bits per heavy atom. The Morgan fingerprint density at radius 3 is 2.61 bits per heavy atom. The van der Waals surface area contributed by atoms with Crippen LogP contribution in [0.15, 0.2) is 22.8 Å². The summed E-state index contributed by atoms with van der Waals surface area (Å²) in [5.41, 5.74) is 0. The number of carbonyl (C=O) groups is 2. The van der Waals surface area contributed by atoms with Gasteiger partial charge in [-0.15, -0.1) is 0 Å². The number of aliphatic carboxylic acids is 1. The van der Waals surface area contributed by atoms with E-state index in [2.05, 4.69) is 0 Å². The number of likely N-dealkylation sites (N-methyl/N-ethyl adjacent to an activating group) is 2. The van der Waals surface area contributed by atoms with Crippen molar-refractivity contribution in [1.29, 1.82) is 0 Å². The third kappa shape index (κ3) is 3.89. The molecule has 18 heavy (non-hydrogen) atoms. The monoisotopic (exact) mass is 254 g/mol. The fourth-order valence-electron chi connectivity index (χ4n) is 1.38. The molecule has 0 saturated heterocycles. The molecule has 1 N–H and O–H groups in total. The molecule has 6 nitrogen and oxygen atoms in total. The van der Waals surface area contributed by atoms with Crippen LogP contribution < -0.4 is 0 Å². The molecule has 0 fully saturated rings. The minimum absolute atomic E-state index is 0.0602. The van der Waals surface area contributed by atoms with E-state index in [-0.39, 0.29) is 12.5 Å². The number of amides is 1. The first-order valence-corrected chi connectivity index (χ1v) is 5.61. The van der Waals surface area contributed by atoms with E-state index < -0.39 is 12.0 Å². The number of hydrogen-bond acceptors (Lipinski definition) is 4. The summed E-state index contributed by atoms with van der Waals surface area (Å²) in [6.07, 6.45) is 1.55. The third-order valence-corrected chi connectivity index (χ3v) is 2.80. The summed E-state index contributed by atoms with van der Waals surface area (Å²) in [4.78, 5) is 25.6. The van der Waals surface area contributed by atoms with Gasteiger partial charge in [0.2, 0.25) is 5.91 Å². The molecule has 0 aromatic carbocycles. The van der Waals surface area contributed by atoms with E-state index >= 15 is 0 Å². The Hall–Kier alpha value is -1.82. The largest absolute Gasteiger partial charge is 0.480 e. The van der Waals surface area contributed by atoms with Crippen molar-refractivity contribution >= 4 is 11.9 Å². The zero-order valence-electron chi connectivity index (χ0n) is 10.8. The molecule has 0 radical (unpaired) electrons. The van der Waals surface area contributed by atoms with Gasteiger partial charge in [-0.1, -0.05) is 0 Å². The molecule has 0 aliphatic carbocycles. The van der Waals surface area contributed by atoms with Gasteiger partial charge in [0.05, 0.1) is 19.4 Å². The predicted molar refractivity (Wildman–Crippen MR) is 64.9 cm³/mol.